The number of nitrogens with one attached hydrogen (secondary N) is 1. The van der Waals surface area contributed by atoms with Gasteiger partial charge in [-0.15, -0.1) is 0 Å². The van der Waals surface area contributed by atoms with Gasteiger partial charge in [0.25, 0.3) is 11.8 Å². The van der Waals surface area contributed by atoms with Crippen molar-refractivity contribution < 1.29 is 14.4 Å². The average molecular weight is 329 g/mol. The van der Waals surface area contributed by atoms with Crippen molar-refractivity contribution in [1.82, 2.24) is 15.5 Å². The topological polar surface area (TPSA) is 88.2 Å². The summed E-state index contributed by atoms with van der Waals surface area (Å²) in [6, 6.07) is 7.12. The van der Waals surface area contributed by atoms with E-state index in [9.17, 15) is 9.90 Å². The molecule has 0 saturated heterocycles. The number of aryl methyl sites for hydroxylation is 1. The molecule has 0 radical (unpaired) electrons. The van der Waals surface area contributed by atoms with Crippen LogP contribution in [-0.2, 0) is 0 Å². The van der Waals surface area contributed by atoms with Gasteiger partial charge in [0.1, 0.15) is 0 Å². The summed E-state index contributed by atoms with van der Waals surface area (Å²) in [5.41, 5.74) is 0.268. The van der Waals surface area contributed by atoms with Gasteiger partial charge in [-0.1, -0.05) is 43.0 Å². The maximum Gasteiger partial charge on any atom is 0.258 e. The first-order valence-electron chi connectivity index (χ1n) is 8.48. The van der Waals surface area contributed by atoms with E-state index in [1.54, 1.807) is 25.1 Å². The summed E-state index contributed by atoms with van der Waals surface area (Å²) in [4.78, 5) is 16.8. The predicted molar refractivity (Wildman–Crippen MR) is 89.5 cm³/mol. The number of aliphatic hydroxyl groups is 1. The van der Waals surface area contributed by atoms with Crippen LogP contribution in [0.1, 0.15) is 54.7 Å². The summed E-state index contributed by atoms with van der Waals surface area (Å²) in [7, 11) is 0. The Morgan fingerprint density at radius 2 is 1.96 bits per heavy atom. The molecule has 1 aromatic carbocycles. The highest BCUT2D eigenvalue weighted by Crippen LogP contribution is 2.27. The van der Waals surface area contributed by atoms with Gasteiger partial charge >= 0.3 is 0 Å². The van der Waals surface area contributed by atoms with Gasteiger partial charge in [-0.2, -0.15) is 4.98 Å². The van der Waals surface area contributed by atoms with Crippen molar-refractivity contribution in [1.29, 1.82) is 0 Å². The van der Waals surface area contributed by atoms with Crippen molar-refractivity contribution in [3.63, 3.8) is 0 Å². The summed E-state index contributed by atoms with van der Waals surface area (Å²) in [6.45, 7) is 2.00. The number of aromatic nitrogens is 2. The Morgan fingerprint density at radius 1 is 1.25 bits per heavy atom. The molecule has 1 fully saturated rings. The van der Waals surface area contributed by atoms with Crippen LogP contribution in [0.25, 0.3) is 11.5 Å². The van der Waals surface area contributed by atoms with Crippen LogP contribution in [-0.4, -0.2) is 33.3 Å². The first-order chi connectivity index (χ1) is 11.6. The minimum Gasteiger partial charge on any atom is -0.388 e. The Hall–Kier alpha value is -2.21. The van der Waals surface area contributed by atoms with Crippen LogP contribution in [0.2, 0.25) is 0 Å². The minimum atomic E-state index is -0.803. The molecule has 0 bridgehead atoms. The van der Waals surface area contributed by atoms with Crippen LogP contribution in [0.5, 0.6) is 0 Å². The average Bonchev–Trinajstić information content (AvgIpc) is 2.90. The Labute approximate surface area is 141 Å². The molecule has 1 aromatic heterocycles. The molecule has 1 heterocycles. The monoisotopic (exact) mass is 329 g/mol. The van der Waals surface area contributed by atoms with E-state index < -0.39 is 5.60 Å². The first kappa shape index (κ1) is 16.6. The Bertz CT molecular complexity index is 703. The second kappa shape index (κ2) is 7.13. The Kier molecular flexibility index (Phi) is 4.94. The Morgan fingerprint density at radius 3 is 2.62 bits per heavy atom. The van der Waals surface area contributed by atoms with Gasteiger partial charge in [0.15, 0.2) is 5.82 Å². The maximum absolute atomic E-state index is 12.6. The van der Waals surface area contributed by atoms with Crippen LogP contribution in [0.15, 0.2) is 28.8 Å². The number of amides is 1. The van der Waals surface area contributed by atoms with Gasteiger partial charge < -0.3 is 14.9 Å². The fourth-order valence-corrected chi connectivity index (χ4v) is 3.18. The molecular weight excluding hydrogens is 306 g/mol. The van der Waals surface area contributed by atoms with Crippen molar-refractivity contribution in [3.8, 4) is 11.5 Å². The lowest BCUT2D eigenvalue weighted by molar-refractivity contribution is 0.0246. The van der Waals surface area contributed by atoms with Gasteiger partial charge in [-0.05, 0) is 31.9 Å². The number of benzene rings is 1. The summed E-state index contributed by atoms with van der Waals surface area (Å²) >= 11 is 0. The predicted octanol–water partition coefficient (Wildman–Crippen LogP) is 2.86. The van der Waals surface area contributed by atoms with Crippen molar-refractivity contribution >= 4 is 5.91 Å². The molecule has 0 aliphatic heterocycles. The zero-order chi connectivity index (χ0) is 17.0. The fraction of sp³-hybridized carbons (Fsp3) is 0.500. The van der Waals surface area contributed by atoms with Crippen LogP contribution in [0, 0.1) is 6.92 Å². The highest BCUT2D eigenvalue weighted by atomic mass is 16.5. The van der Waals surface area contributed by atoms with E-state index >= 15 is 0 Å². The molecular formula is C18H23N3O3. The van der Waals surface area contributed by atoms with Gasteiger partial charge in [0.05, 0.1) is 16.7 Å². The molecule has 2 aromatic rings. The number of carbonyl (C=O) groups is 1. The molecule has 1 aliphatic rings. The van der Waals surface area contributed by atoms with Crippen molar-refractivity contribution in [3.05, 3.63) is 35.7 Å². The molecule has 3 rings (SSSR count). The van der Waals surface area contributed by atoms with Crippen LogP contribution >= 0.6 is 0 Å². The highest BCUT2D eigenvalue weighted by molar-refractivity contribution is 5.99. The molecule has 0 atom stereocenters. The largest absolute Gasteiger partial charge is 0.388 e. The van der Waals surface area contributed by atoms with E-state index in [1.807, 2.05) is 6.07 Å². The third kappa shape index (κ3) is 3.82. The van der Waals surface area contributed by atoms with E-state index in [1.165, 1.54) is 0 Å². The summed E-state index contributed by atoms with van der Waals surface area (Å²) in [6.07, 6.45) is 5.77. The number of nitrogens with zero attached hydrogens (tertiary/aromatic N) is 2. The summed E-state index contributed by atoms with van der Waals surface area (Å²) in [5, 5.41) is 17.3. The molecule has 24 heavy (non-hydrogen) atoms. The smallest absolute Gasteiger partial charge is 0.258 e. The lowest BCUT2D eigenvalue weighted by Crippen LogP contribution is -2.42. The van der Waals surface area contributed by atoms with Crippen molar-refractivity contribution in [2.75, 3.05) is 6.54 Å². The quantitative estimate of drug-likeness (QED) is 0.842. The van der Waals surface area contributed by atoms with Gasteiger partial charge in [0.2, 0.25) is 0 Å². The number of hydrogen-bond donors (Lipinski definition) is 2. The van der Waals surface area contributed by atoms with Crippen LogP contribution in [0.3, 0.4) is 0 Å². The zero-order valence-corrected chi connectivity index (χ0v) is 13.9. The zero-order valence-electron chi connectivity index (χ0n) is 13.9. The SMILES string of the molecule is Cc1noc(-c2ccccc2C(=O)NCC2(O)CCCCCC2)n1. The number of carbonyl (C=O) groups excluding carboxylic acids is 1. The molecule has 2 N–H and O–H groups in total. The first-order valence-corrected chi connectivity index (χ1v) is 8.48. The number of rotatable bonds is 4. The van der Waals surface area contributed by atoms with E-state index in [-0.39, 0.29) is 12.5 Å². The molecule has 128 valence electrons. The molecule has 0 spiro atoms. The molecule has 0 unspecified atom stereocenters. The van der Waals surface area contributed by atoms with E-state index in [2.05, 4.69) is 15.5 Å². The molecule has 1 aliphatic carbocycles. The third-order valence-electron chi connectivity index (χ3n) is 4.54. The van der Waals surface area contributed by atoms with E-state index in [0.29, 0.717) is 22.8 Å². The minimum absolute atomic E-state index is 0.237. The lowest BCUT2D eigenvalue weighted by atomic mass is 9.94. The van der Waals surface area contributed by atoms with Gasteiger partial charge in [0, 0.05) is 6.54 Å². The second-order valence-corrected chi connectivity index (χ2v) is 6.51. The normalized spacial score (nSPS) is 17.2. The lowest BCUT2D eigenvalue weighted by Gasteiger charge is -2.26. The standard InChI is InChI=1S/C18H23N3O3/c1-13-20-17(24-21-13)15-9-5-4-8-14(15)16(22)19-12-18(23)10-6-2-3-7-11-18/h4-5,8-9,23H,2-3,6-7,10-12H2,1H3,(H,19,22). The van der Waals surface area contributed by atoms with Crippen LogP contribution in [0.4, 0.5) is 0 Å². The van der Waals surface area contributed by atoms with Gasteiger partial charge in [-0.25, -0.2) is 0 Å². The summed E-state index contributed by atoms with van der Waals surface area (Å²) < 4.78 is 5.18. The third-order valence-corrected chi connectivity index (χ3v) is 4.54. The van der Waals surface area contributed by atoms with Gasteiger partial charge in [-0.3, -0.25) is 4.79 Å². The van der Waals surface area contributed by atoms with E-state index in [0.717, 1.165) is 38.5 Å². The fourth-order valence-electron chi connectivity index (χ4n) is 3.18. The maximum atomic E-state index is 12.6. The van der Waals surface area contributed by atoms with Crippen molar-refractivity contribution in [2.45, 2.75) is 51.0 Å². The number of hydrogen-bond acceptors (Lipinski definition) is 5. The van der Waals surface area contributed by atoms with Crippen LogP contribution < -0.4 is 5.32 Å². The summed E-state index contributed by atoms with van der Waals surface area (Å²) in [5.74, 6) is 0.610. The molecule has 1 saturated carbocycles. The second-order valence-electron chi connectivity index (χ2n) is 6.51. The highest BCUT2D eigenvalue weighted by Gasteiger charge is 2.29. The van der Waals surface area contributed by atoms with E-state index in [4.69, 9.17) is 4.52 Å². The molecule has 6 nitrogen and oxygen atoms in total. The van der Waals surface area contributed by atoms with Crippen molar-refractivity contribution in [2.24, 2.45) is 0 Å². The molecule has 1 amide bonds. The Balaban J connectivity index is 1.73. The molecule has 6 heteroatoms.